The lowest BCUT2D eigenvalue weighted by Gasteiger charge is -2.26. The summed E-state index contributed by atoms with van der Waals surface area (Å²) in [6.07, 6.45) is 8.26. The molecule has 0 bridgehead atoms. The maximum absolute atomic E-state index is 12.9. The summed E-state index contributed by atoms with van der Waals surface area (Å²) >= 11 is 1.05. The number of hydrogen-bond donors (Lipinski definition) is 0. The molecule has 2 heterocycles. The fraction of sp³-hybridized carbons (Fsp3) is 0.417. The third-order valence-electron chi connectivity index (χ3n) is 6.08. The van der Waals surface area contributed by atoms with E-state index in [-0.39, 0.29) is 11.1 Å². The number of rotatable bonds is 4. The first kappa shape index (κ1) is 20.0. The monoisotopic (exact) mass is 408 g/mol. The van der Waals surface area contributed by atoms with Crippen LogP contribution < -0.4 is 0 Å². The van der Waals surface area contributed by atoms with Crippen molar-refractivity contribution in [2.75, 3.05) is 0 Å². The molecule has 1 aliphatic heterocycles. The minimum Gasteiger partial charge on any atom is -0.346 e. The fourth-order valence-corrected chi connectivity index (χ4v) is 5.33. The predicted octanol–water partition coefficient (Wildman–Crippen LogP) is 6.16. The average molecular weight is 409 g/mol. The van der Waals surface area contributed by atoms with Crippen molar-refractivity contribution in [2.24, 2.45) is 0 Å². The first-order valence-corrected chi connectivity index (χ1v) is 11.2. The van der Waals surface area contributed by atoms with E-state index in [2.05, 4.69) is 24.5 Å². The zero-order chi connectivity index (χ0) is 20.5. The van der Waals surface area contributed by atoms with E-state index in [1.807, 2.05) is 37.3 Å². The molecular formula is C24H28N2O2S. The van der Waals surface area contributed by atoms with Crippen molar-refractivity contribution in [3.8, 4) is 0 Å². The summed E-state index contributed by atoms with van der Waals surface area (Å²) in [6, 6.07) is 10.7. The number of carbonyl (C=O) groups excluding carboxylic acids is 2. The van der Waals surface area contributed by atoms with E-state index in [1.165, 1.54) is 48.4 Å². The van der Waals surface area contributed by atoms with Crippen LogP contribution in [0.2, 0.25) is 0 Å². The van der Waals surface area contributed by atoms with Gasteiger partial charge in [-0.3, -0.25) is 14.5 Å². The number of aryl methyl sites for hydroxylation is 2. The number of amides is 2. The van der Waals surface area contributed by atoms with Crippen molar-refractivity contribution in [3.05, 3.63) is 63.3 Å². The lowest BCUT2D eigenvalue weighted by atomic mass is 9.95. The lowest BCUT2D eigenvalue weighted by Crippen LogP contribution is -2.27. The molecule has 1 aromatic carbocycles. The Kier molecular flexibility index (Phi) is 5.68. The Morgan fingerprint density at radius 1 is 1.03 bits per heavy atom. The highest BCUT2D eigenvalue weighted by molar-refractivity contribution is 8.18. The molecule has 2 amide bonds. The molecule has 0 radical (unpaired) electrons. The van der Waals surface area contributed by atoms with Crippen LogP contribution in [0.15, 0.2) is 35.2 Å². The number of carbonyl (C=O) groups is 2. The van der Waals surface area contributed by atoms with Gasteiger partial charge in [0.2, 0.25) is 0 Å². The predicted molar refractivity (Wildman–Crippen MR) is 119 cm³/mol. The van der Waals surface area contributed by atoms with Crippen molar-refractivity contribution < 1.29 is 9.59 Å². The van der Waals surface area contributed by atoms with Crippen LogP contribution in [0.25, 0.3) is 6.08 Å². The molecule has 4 nitrogen and oxygen atoms in total. The Morgan fingerprint density at radius 3 is 2.41 bits per heavy atom. The number of aromatic nitrogens is 1. The van der Waals surface area contributed by atoms with E-state index < -0.39 is 0 Å². The molecule has 152 valence electrons. The van der Waals surface area contributed by atoms with Crippen LogP contribution in [-0.4, -0.2) is 20.6 Å². The van der Waals surface area contributed by atoms with Crippen LogP contribution in [0.4, 0.5) is 4.79 Å². The largest absolute Gasteiger partial charge is 0.346 e. The molecule has 5 heteroatoms. The third kappa shape index (κ3) is 4.06. The summed E-state index contributed by atoms with van der Waals surface area (Å²) in [5.41, 5.74) is 5.61. The second-order valence-electron chi connectivity index (χ2n) is 8.24. The molecule has 2 aliphatic rings. The number of hydrogen-bond acceptors (Lipinski definition) is 3. The highest BCUT2D eigenvalue weighted by Crippen LogP contribution is 2.36. The molecule has 0 unspecified atom stereocenters. The smallest absolute Gasteiger partial charge is 0.293 e. The van der Waals surface area contributed by atoms with Crippen LogP contribution in [0.5, 0.6) is 0 Å². The van der Waals surface area contributed by atoms with Crippen molar-refractivity contribution in [1.82, 2.24) is 9.47 Å². The summed E-state index contributed by atoms with van der Waals surface area (Å²) < 4.78 is 2.43. The Bertz CT molecular complexity index is 966. The number of nitrogens with zero attached hydrogens (tertiary/aromatic N) is 2. The summed E-state index contributed by atoms with van der Waals surface area (Å²) in [4.78, 5) is 27.3. The van der Waals surface area contributed by atoms with Gasteiger partial charge in [0.05, 0.1) is 11.4 Å². The van der Waals surface area contributed by atoms with Crippen molar-refractivity contribution >= 4 is 29.0 Å². The molecule has 1 saturated carbocycles. The lowest BCUT2D eigenvalue weighted by molar-refractivity contribution is -0.123. The maximum Gasteiger partial charge on any atom is 0.293 e. The van der Waals surface area contributed by atoms with Gasteiger partial charge in [-0.05, 0) is 68.6 Å². The van der Waals surface area contributed by atoms with Crippen molar-refractivity contribution in [2.45, 2.75) is 65.5 Å². The molecule has 0 spiro atoms. The van der Waals surface area contributed by atoms with E-state index in [1.54, 1.807) is 0 Å². The van der Waals surface area contributed by atoms with E-state index >= 15 is 0 Å². The van der Waals surface area contributed by atoms with Gasteiger partial charge in [-0.25, -0.2) is 0 Å². The third-order valence-corrected chi connectivity index (χ3v) is 6.99. The molecule has 2 aromatic rings. The number of thioether (sulfide) groups is 1. The Morgan fingerprint density at radius 2 is 1.72 bits per heavy atom. The molecule has 29 heavy (non-hydrogen) atoms. The molecule has 2 fully saturated rings. The Labute approximate surface area is 177 Å². The van der Waals surface area contributed by atoms with Gasteiger partial charge in [-0.1, -0.05) is 49.1 Å². The second kappa shape index (κ2) is 8.23. The quantitative estimate of drug-likeness (QED) is 0.569. The number of imide groups is 1. The van der Waals surface area contributed by atoms with Gasteiger partial charge in [-0.2, -0.15) is 0 Å². The zero-order valence-corrected chi connectivity index (χ0v) is 18.2. The van der Waals surface area contributed by atoms with Gasteiger partial charge >= 0.3 is 0 Å². The van der Waals surface area contributed by atoms with E-state index in [4.69, 9.17) is 0 Å². The van der Waals surface area contributed by atoms with Gasteiger partial charge in [0.15, 0.2) is 0 Å². The zero-order valence-electron chi connectivity index (χ0n) is 17.4. The van der Waals surface area contributed by atoms with Crippen LogP contribution in [-0.2, 0) is 11.3 Å². The molecule has 1 aromatic heterocycles. The number of benzene rings is 1. The Hall–Kier alpha value is -2.27. The van der Waals surface area contributed by atoms with Gasteiger partial charge in [0, 0.05) is 17.4 Å². The van der Waals surface area contributed by atoms with Gasteiger partial charge in [-0.15, -0.1) is 0 Å². The van der Waals surface area contributed by atoms with Crippen LogP contribution in [0.3, 0.4) is 0 Å². The molecule has 0 atom stereocenters. The van der Waals surface area contributed by atoms with Gasteiger partial charge < -0.3 is 4.57 Å². The SMILES string of the molecule is Cc1ccc(CN2C(=O)S/C(=C\c3cc(C)n(C4CCCCC4)c3C)C2=O)cc1. The van der Waals surface area contributed by atoms with Crippen LogP contribution in [0, 0.1) is 20.8 Å². The first-order valence-electron chi connectivity index (χ1n) is 10.4. The second-order valence-corrected chi connectivity index (χ2v) is 9.23. The minimum atomic E-state index is -0.192. The van der Waals surface area contributed by atoms with Gasteiger partial charge in [0.1, 0.15) is 0 Å². The summed E-state index contributed by atoms with van der Waals surface area (Å²) in [6.45, 7) is 6.62. The first-order chi connectivity index (χ1) is 13.9. The van der Waals surface area contributed by atoms with Crippen molar-refractivity contribution in [3.63, 3.8) is 0 Å². The molecular weight excluding hydrogens is 380 g/mol. The van der Waals surface area contributed by atoms with Crippen molar-refractivity contribution in [1.29, 1.82) is 0 Å². The topological polar surface area (TPSA) is 42.3 Å². The molecule has 4 rings (SSSR count). The maximum atomic E-state index is 12.9. The Balaban J connectivity index is 1.56. The van der Waals surface area contributed by atoms with Gasteiger partial charge in [0.25, 0.3) is 11.1 Å². The molecule has 1 aliphatic carbocycles. The minimum absolute atomic E-state index is 0.192. The molecule has 0 N–H and O–H groups in total. The standard InChI is InChI=1S/C24H28N2O2S/c1-16-9-11-19(12-10-16)15-25-23(27)22(29-24(25)28)14-20-13-17(2)26(18(20)3)21-7-5-4-6-8-21/h9-14,21H,4-8,15H2,1-3H3/b22-14-. The summed E-state index contributed by atoms with van der Waals surface area (Å²) in [5.74, 6) is -0.192. The summed E-state index contributed by atoms with van der Waals surface area (Å²) in [7, 11) is 0. The van der Waals surface area contributed by atoms with E-state index in [0.29, 0.717) is 17.5 Å². The fourth-order valence-electron chi connectivity index (χ4n) is 4.50. The average Bonchev–Trinajstić information content (AvgIpc) is 3.14. The highest BCUT2D eigenvalue weighted by atomic mass is 32.2. The normalized spacial score (nSPS) is 19.6. The van der Waals surface area contributed by atoms with Crippen LogP contribution >= 0.6 is 11.8 Å². The highest BCUT2D eigenvalue weighted by Gasteiger charge is 2.35. The molecule has 1 saturated heterocycles. The van der Waals surface area contributed by atoms with E-state index in [0.717, 1.165) is 28.5 Å². The summed E-state index contributed by atoms with van der Waals surface area (Å²) in [5, 5.41) is -0.192. The van der Waals surface area contributed by atoms with Crippen LogP contribution in [0.1, 0.15) is 66.2 Å². The van der Waals surface area contributed by atoms with E-state index in [9.17, 15) is 9.59 Å².